The van der Waals surface area contributed by atoms with Crippen molar-refractivity contribution in [3.63, 3.8) is 0 Å². The molecule has 4 heteroatoms. The summed E-state index contributed by atoms with van der Waals surface area (Å²) in [5.74, 6) is 2.99. The third-order valence-corrected chi connectivity index (χ3v) is 11.2. The number of Topliss-reactive ketones (excluding diaryl/α,β-unsaturated/α-hetero) is 2. The van der Waals surface area contributed by atoms with Crippen molar-refractivity contribution in [3.05, 3.63) is 35.9 Å². The number of nitrogens with one attached hydrogen (secondary N) is 1. The molecule has 0 spiro atoms. The van der Waals surface area contributed by atoms with Gasteiger partial charge in [-0.1, -0.05) is 51.1 Å². The predicted molar refractivity (Wildman–Crippen MR) is 137 cm³/mol. The number of benzene rings is 1. The van der Waals surface area contributed by atoms with E-state index in [0.29, 0.717) is 60.9 Å². The average molecular weight is 478 g/mol. The summed E-state index contributed by atoms with van der Waals surface area (Å²) in [5, 5.41) is 3.21. The maximum absolute atomic E-state index is 13.6. The first-order valence-corrected chi connectivity index (χ1v) is 14.0. The lowest BCUT2D eigenvalue weighted by molar-refractivity contribution is -0.159. The number of rotatable bonds is 5. The largest absolute Gasteiger partial charge is 0.350 e. The molecule has 1 aromatic rings. The first-order valence-electron chi connectivity index (χ1n) is 14.0. The van der Waals surface area contributed by atoms with Gasteiger partial charge < -0.3 is 5.32 Å². The molecule has 5 rings (SSSR count). The Morgan fingerprint density at radius 1 is 0.971 bits per heavy atom. The van der Waals surface area contributed by atoms with Crippen LogP contribution in [0.5, 0.6) is 0 Å². The monoisotopic (exact) mass is 477 g/mol. The Morgan fingerprint density at radius 3 is 2.43 bits per heavy atom. The van der Waals surface area contributed by atoms with Gasteiger partial charge in [0.05, 0.1) is 6.04 Å². The maximum atomic E-state index is 13.6. The Kier molecular flexibility index (Phi) is 6.47. The van der Waals surface area contributed by atoms with Crippen LogP contribution in [-0.2, 0) is 14.4 Å². The van der Waals surface area contributed by atoms with Crippen LogP contribution in [-0.4, -0.2) is 17.5 Å². The van der Waals surface area contributed by atoms with Crippen molar-refractivity contribution >= 4 is 17.5 Å². The van der Waals surface area contributed by atoms with Crippen LogP contribution in [0.3, 0.4) is 0 Å². The highest BCUT2D eigenvalue weighted by molar-refractivity contribution is 5.86. The Morgan fingerprint density at radius 2 is 1.69 bits per heavy atom. The molecule has 0 saturated heterocycles. The number of carbonyl (C=O) groups excluding carboxylic acids is 3. The van der Waals surface area contributed by atoms with Gasteiger partial charge in [0.25, 0.3) is 0 Å². The van der Waals surface area contributed by atoms with E-state index in [0.717, 1.165) is 37.7 Å². The molecule has 0 radical (unpaired) electrons. The molecule has 9 atom stereocenters. The molecule has 4 aliphatic rings. The van der Waals surface area contributed by atoms with Gasteiger partial charge in [0.1, 0.15) is 11.6 Å². The standard InChI is InChI=1S/C31H43NO3/c1-19(16-28(35)32-20(2)21-8-6-5-7-9-21)24-10-11-25-29-26(13-15-31(24,25)4)30(3)14-12-23(33)17-22(30)18-27(29)34/h5-9,19-20,22,24-26,29H,10-18H2,1-4H3,(H,32,35)/t19-,20?,22+,24-,25+,26+,29+,30+,31-/m1/s1. The van der Waals surface area contributed by atoms with Crippen LogP contribution in [0, 0.1) is 46.3 Å². The van der Waals surface area contributed by atoms with Crippen LogP contribution in [0.4, 0.5) is 0 Å². The molecule has 4 nitrogen and oxygen atoms in total. The first kappa shape index (κ1) is 24.7. The molecule has 0 bridgehead atoms. The van der Waals surface area contributed by atoms with E-state index in [9.17, 15) is 14.4 Å². The molecule has 4 fully saturated rings. The van der Waals surface area contributed by atoms with Gasteiger partial charge in [0.2, 0.25) is 5.91 Å². The third kappa shape index (κ3) is 4.19. The fourth-order valence-electron chi connectivity index (χ4n) is 9.26. The van der Waals surface area contributed by atoms with Crippen molar-refractivity contribution in [2.45, 2.75) is 91.5 Å². The van der Waals surface area contributed by atoms with E-state index >= 15 is 0 Å². The van der Waals surface area contributed by atoms with Crippen LogP contribution in [0.25, 0.3) is 0 Å². The van der Waals surface area contributed by atoms with E-state index in [1.165, 1.54) is 0 Å². The minimum Gasteiger partial charge on any atom is -0.350 e. The molecule has 4 aliphatic carbocycles. The third-order valence-electron chi connectivity index (χ3n) is 11.2. The fourth-order valence-corrected chi connectivity index (χ4v) is 9.26. The summed E-state index contributed by atoms with van der Waals surface area (Å²) in [6, 6.07) is 10.1. The van der Waals surface area contributed by atoms with E-state index in [4.69, 9.17) is 0 Å². The van der Waals surface area contributed by atoms with Gasteiger partial charge >= 0.3 is 0 Å². The molecule has 0 heterocycles. The zero-order valence-electron chi connectivity index (χ0n) is 22.0. The molecule has 1 N–H and O–H groups in total. The molecule has 190 valence electrons. The molecule has 0 aliphatic heterocycles. The predicted octanol–water partition coefficient (Wildman–Crippen LogP) is 6.30. The Balaban J connectivity index is 1.27. The van der Waals surface area contributed by atoms with E-state index in [1.807, 2.05) is 25.1 Å². The zero-order valence-corrected chi connectivity index (χ0v) is 22.0. The molecule has 0 aromatic heterocycles. The highest BCUT2D eigenvalue weighted by Crippen LogP contribution is 2.67. The van der Waals surface area contributed by atoms with Gasteiger partial charge in [-0.15, -0.1) is 0 Å². The minimum atomic E-state index is 0.00850. The van der Waals surface area contributed by atoms with Gasteiger partial charge in [-0.2, -0.15) is 0 Å². The number of fused-ring (bicyclic) bond motifs is 5. The van der Waals surface area contributed by atoms with Crippen molar-refractivity contribution in [1.82, 2.24) is 5.32 Å². The normalized spacial score (nSPS) is 40.3. The van der Waals surface area contributed by atoms with Gasteiger partial charge in [0, 0.05) is 31.6 Å². The van der Waals surface area contributed by atoms with Crippen LogP contribution in [0.15, 0.2) is 30.3 Å². The van der Waals surface area contributed by atoms with Crippen molar-refractivity contribution in [2.24, 2.45) is 46.3 Å². The maximum Gasteiger partial charge on any atom is 0.220 e. The van der Waals surface area contributed by atoms with Crippen LogP contribution >= 0.6 is 0 Å². The summed E-state index contributed by atoms with van der Waals surface area (Å²) in [4.78, 5) is 38.7. The molecular formula is C31H43NO3. The number of carbonyl (C=O) groups is 3. The summed E-state index contributed by atoms with van der Waals surface area (Å²) < 4.78 is 0. The highest BCUT2D eigenvalue weighted by atomic mass is 16.1. The smallest absolute Gasteiger partial charge is 0.220 e. The number of hydrogen-bond acceptors (Lipinski definition) is 3. The summed E-state index contributed by atoms with van der Waals surface area (Å²) in [6.07, 6.45) is 7.92. The topological polar surface area (TPSA) is 63.2 Å². The second-order valence-corrected chi connectivity index (χ2v) is 13.0. The van der Waals surface area contributed by atoms with Crippen molar-refractivity contribution < 1.29 is 14.4 Å². The van der Waals surface area contributed by atoms with E-state index in [1.54, 1.807) is 0 Å². The molecule has 4 saturated carbocycles. The Hall–Kier alpha value is -1.97. The Labute approximate surface area is 211 Å². The van der Waals surface area contributed by atoms with Gasteiger partial charge in [-0.3, -0.25) is 14.4 Å². The van der Waals surface area contributed by atoms with E-state index < -0.39 is 0 Å². The SMILES string of the molecule is CC(NC(=O)C[C@@H](C)[C@H]1CC[C@H]2[C@@H]3C(=O)C[C@@H]4CC(=O)CC[C@]4(C)[C@H]3CC[C@]12C)c1ccccc1. The summed E-state index contributed by atoms with van der Waals surface area (Å²) in [7, 11) is 0. The minimum absolute atomic E-state index is 0.00850. The summed E-state index contributed by atoms with van der Waals surface area (Å²) in [6.45, 7) is 9.13. The number of amides is 1. The summed E-state index contributed by atoms with van der Waals surface area (Å²) in [5.41, 5.74) is 1.41. The lowest BCUT2D eigenvalue weighted by atomic mass is 9.44. The van der Waals surface area contributed by atoms with Gasteiger partial charge in [-0.05, 0) is 85.0 Å². The van der Waals surface area contributed by atoms with Crippen molar-refractivity contribution in [2.75, 3.05) is 0 Å². The number of ketones is 2. The van der Waals surface area contributed by atoms with E-state index in [-0.39, 0.29) is 34.6 Å². The van der Waals surface area contributed by atoms with Crippen molar-refractivity contribution in [1.29, 1.82) is 0 Å². The van der Waals surface area contributed by atoms with Crippen LogP contribution in [0.2, 0.25) is 0 Å². The second kappa shape index (κ2) is 9.16. The molecule has 1 unspecified atom stereocenters. The lowest BCUT2D eigenvalue weighted by Gasteiger charge is -2.59. The Bertz CT molecular complexity index is 988. The van der Waals surface area contributed by atoms with E-state index in [2.05, 4.69) is 38.2 Å². The highest BCUT2D eigenvalue weighted by Gasteiger charge is 2.63. The quantitative estimate of drug-likeness (QED) is 0.541. The number of hydrogen-bond donors (Lipinski definition) is 1. The average Bonchev–Trinajstić information content (AvgIpc) is 3.18. The van der Waals surface area contributed by atoms with Crippen molar-refractivity contribution in [3.8, 4) is 0 Å². The molecular weight excluding hydrogens is 434 g/mol. The fraction of sp³-hybridized carbons (Fsp3) is 0.710. The molecule has 1 amide bonds. The van der Waals surface area contributed by atoms with Crippen LogP contribution < -0.4 is 5.32 Å². The molecule has 1 aromatic carbocycles. The lowest BCUT2D eigenvalue weighted by Crippen LogP contribution is -2.57. The van der Waals surface area contributed by atoms with Gasteiger partial charge in [-0.25, -0.2) is 0 Å². The van der Waals surface area contributed by atoms with Crippen LogP contribution in [0.1, 0.15) is 97.1 Å². The first-order chi connectivity index (χ1) is 16.6. The zero-order chi connectivity index (χ0) is 25.0. The summed E-state index contributed by atoms with van der Waals surface area (Å²) >= 11 is 0. The van der Waals surface area contributed by atoms with Gasteiger partial charge in [0.15, 0.2) is 0 Å². The molecule has 35 heavy (non-hydrogen) atoms. The second-order valence-electron chi connectivity index (χ2n) is 13.0.